The maximum Gasteiger partial charge on any atom is 0.188 e. The maximum atomic E-state index is 11.4. The first-order chi connectivity index (χ1) is 8.51. The molecule has 0 aliphatic heterocycles. The number of aliphatic hydroxyl groups is 1. The van der Waals surface area contributed by atoms with E-state index in [0.717, 1.165) is 0 Å². The van der Waals surface area contributed by atoms with Gasteiger partial charge in [-0.25, -0.2) is 4.21 Å². The van der Waals surface area contributed by atoms with E-state index in [1.165, 1.54) is 19.3 Å². The van der Waals surface area contributed by atoms with Crippen LogP contribution in [0.5, 0.6) is 0 Å². The molecule has 0 bridgehead atoms. The van der Waals surface area contributed by atoms with Crippen LogP contribution in [0.2, 0.25) is 0 Å². The molecule has 1 atom stereocenters. The monoisotopic (exact) mass is 268 g/mol. The molecular weight excluding hydrogens is 252 g/mol. The van der Waals surface area contributed by atoms with Crippen LogP contribution < -0.4 is 11.5 Å². The van der Waals surface area contributed by atoms with E-state index in [-0.39, 0.29) is 11.5 Å². The molecule has 1 aliphatic rings. The first-order valence-corrected chi connectivity index (χ1v) is 6.23. The molecule has 0 aromatic rings. The lowest BCUT2D eigenvalue weighted by atomic mass is 10.0. The molecule has 5 nitrogen and oxygen atoms in total. The Labute approximate surface area is 108 Å². The van der Waals surface area contributed by atoms with Crippen LogP contribution in [-0.4, -0.2) is 16.4 Å². The highest BCUT2D eigenvalue weighted by atomic mass is 32.2. The summed E-state index contributed by atoms with van der Waals surface area (Å²) in [7, 11) is 1.33. The fourth-order valence-electron chi connectivity index (χ4n) is 1.44. The predicted molar refractivity (Wildman–Crippen MR) is 72.2 cm³/mol. The largest absolute Gasteiger partial charge is 0.508 e. The van der Waals surface area contributed by atoms with Crippen molar-refractivity contribution >= 4 is 11.1 Å². The molecule has 0 radical (unpaired) electrons. The average molecular weight is 268 g/mol. The van der Waals surface area contributed by atoms with Gasteiger partial charge >= 0.3 is 0 Å². The lowest BCUT2D eigenvalue weighted by Gasteiger charge is -2.15. The SMILES string of the molecule is C=C/C=C(N)\C(N)=C1/CC=C(S(=O)OC)C=C1O. The van der Waals surface area contributed by atoms with Crippen molar-refractivity contribution in [2.24, 2.45) is 11.5 Å². The standard InChI is InChI=1S/C12H16N2O3S/c1-3-4-10(13)12(14)9-6-5-8(7-11(9)15)18(16)17-2/h3-5,7,15H,1,6,13-14H2,2H3/b10-4+,12-9-. The van der Waals surface area contributed by atoms with Gasteiger partial charge in [0.1, 0.15) is 5.76 Å². The van der Waals surface area contributed by atoms with Crippen molar-refractivity contribution in [3.05, 3.63) is 58.5 Å². The third-order valence-corrected chi connectivity index (χ3v) is 3.35. The number of hydrogen-bond acceptors (Lipinski definition) is 5. The van der Waals surface area contributed by atoms with Crippen molar-refractivity contribution in [3.63, 3.8) is 0 Å². The first kappa shape index (κ1) is 14.3. The maximum absolute atomic E-state index is 11.4. The Morgan fingerprint density at radius 3 is 2.78 bits per heavy atom. The second-order valence-electron chi connectivity index (χ2n) is 3.49. The molecule has 1 aliphatic carbocycles. The molecule has 1 rings (SSSR count). The van der Waals surface area contributed by atoms with Gasteiger partial charge in [0, 0.05) is 5.57 Å². The Bertz CT molecular complexity index is 501. The minimum atomic E-state index is -1.58. The van der Waals surface area contributed by atoms with E-state index < -0.39 is 11.1 Å². The van der Waals surface area contributed by atoms with E-state index in [2.05, 4.69) is 10.8 Å². The smallest absolute Gasteiger partial charge is 0.188 e. The van der Waals surface area contributed by atoms with Gasteiger partial charge in [-0.2, -0.15) is 0 Å². The second kappa shape index (κ2) is 6.23. The van der Waals surface area contributed by atoms with E-state index in [0.29, 0.717) is 22.6 Å². The highest BCUT2D eigenvalue weighted by Crippen LogP contribution is 2.26. The van der Waals surface area contributed by atoms with Gasteiger partial charge < -0.3 is 16.6 Å². The molecule has 5 N–H and O–H groups in total. The quantitative estimate of drug-likeness (QED) is 0.667. The molecule has 1 unspecified atom stereocenters. The summed E-state index contributed by atoms with van der Waals surface area (Å²) in [5.41, 5.74) is 12.6. The van der Waals surface area contributed by atoms with Crippen LogP contribution in [0.15, 0.2) is 58.5 Å². The summed E-state index contributed by atoms with van der Waals surface area (Å²) in [4.78, 5) is 0.401. The summed E-state index contributed by atoms with van der Waals surface area (Å²) in [6.07, 6.45) is 6.41. The summed E-state index contributed by atoms with van der Waals surface area (Å²) < 4.78 is 16.1. The summed E-state index contributed by atoms with van der Waals surface area (Å²) in [6.45, 7) is 3.51. The molecule has 0 heterocycles. The number of hydrogen-bond donors (Lipinski definition) is 3. The molecule has 0 saturated carbocycles. The third kappa shape index (κ3) is 3.12. The molecule has 98 valence electrons. The van der Waals surface area contributed by atoms with Crippen LogP contribution in [0.3, 0.4) is 0 Å². The molecule has 0 aromatic carbocycles. The molecule has 0 aromatic heterocycles. The molecule has 0 amide bonds. The van der Waals surface area contributed by atoms with E-state index in [9.17, 15) is 9.32 Å². The number of allylic oxidation sites excluding steroid dienone is 5. The predicted octanol–water partition coefficient (Wildman–Crippen LogP) is 1.27. The van der Waals surface area contributed by atoms with Gasteiger partial charge in [0.2, 0.25) is 0 Å². The van der Waals surface area contributed by atoms with Gasteiger partial charge in [-0.1, -0.05) is 18.7 Å². The van der Waals surface area contributed by atoms with Crippen LogP contribution in [0, 0.1) is 0 Å². The molecule has 6 heteroatoms. The fourth-order valence-corrected chi connectivity index (χ4v) is 2.06. The van der Waals surface area contributed by atoms with E-state index in [1.807, 2.05) is 0 Å². The van der Waals surface area contributed by atoms with Crippen LogP contribution in [-0.2, 0) is 15.3 Å². The zero-order valence-electron chi connectivity index (χ0n) is 10.1. The Morgan fingerprint density at radius 1 is 1.61 bits per heavy atom. The highest BCUT2D eigenvalue weighted by Gasteiger charge is 2.17. The number of aliphatic hydroxyl groups excluding tert-OH is 1. The average Bonchev–Trinajstić information content (AvgIpc) is 2.37. The minimum absolute atomic E-state index is 0.0594. The Morgan fingerprint density at radius 2 is 2.28 bits per heavy atom. The van der Waals surface area contributed by atoms with Gasteiger partial charge in [-0.15, -0.1) is 0 Å². The molecule has 0 fully saturated rings. The zero-order valence-corrected chi connectivity index (χ0v) is 10.9. The Kier molecular flexibility index (Phi) is 4.94. The van der Waals surface area contributed by atoms with Crippen molar-refractivity contribution < 1.29 is 13.5 Å². The minimum Gasteiger partial charge on any atom is -0.508 e. The summed E-state index contributed by atoms with van der Waals surface area (Å²) in [5.74, 6) is -0.0594. The topological polar surface area (TPSA) is 98.6 Å². The molecule has 0 spiro atoms. The lowest BCUT2D eigenvalue weighted by molar-refractivity contribution is 0.417. The van der Waals surface area contributed by atoms with E-state index in [1.54, 1.807) is 12.2 Å². The van der Waals surface area contributed by atoms with Crippen molar-refractivity contribution in [2.45, 2.75) is 6.42 Å². The van der Waals surface area contributed by atoms with Gasteiger partial charge in [-0.3, -0.25) is 4.18 Å². The zero-order chi connectivity index (χ0) is 13.7. The molecule has 18 heavy (non-hydrogen) atoms. The molecule has 0 saturated heterocycles. The van der Waals surface area contributed by atoms with Crippen molar-refractivity contribution in [1.29, 1.82) is 0 Å². The molecular formula is C12H16N2O3S. The highest BCUT2D eigenvalue weighted by molar-refractivity contribution is 7.84. The first-order valence-electron chi connectivity index (χ1n) is 5.15. The van der Waals surface area contributed by atoms with Gasteiger partial charge in [-0.05, 0) is 18.6 Å². The second-order valence-corrected chi connectivity index (χ2v) is 4.77. The van der Waals surface area contributed by atoms with Crippen molar-refractivity contribution in [3.8, 4) is 0 Å². The van der Waals surface area contributed by atoms with Gasteiger partial charge in [0.15, 0.2) is 11.1 Å². The summed E-state index contributed by atoms with van der Waals surface area (Å²) in [5, 5.41) is 9.86. The summed E-state index contributed by atoms with van der Waals surface area (Å²) >= 11 is -1.58. The summed E-state index contributed by atoms with van der Waals surface area (Å²) in [6, 6.07) is 0. The third-order valence-electron chi connectivity index (χ3n) is 2.37. The Balaban J connectivity index is 3.07. The van der Waals surface area contributed by atoms with Crippen LogP contribution >= 0.6 is 0 Å². The van der Waals surface area contributed by atoms with E-state index >= 15 is 0 Å². The van der Waals surface area contributed by atoms with Gasteiger partial charge in [0.05, 0.1) is 23.4 Å². The van der Waals surface area contributed by atoms with Crippen molar-refractivity contribution in [1.82, 2.24) is 0 Å². The lowest BCUT2D eigenvalue weighted by Crippen LogP contribution is -2.15. The van der Waals surface area contributed by atoms with Crippen molar-refractivity contribution in [2.75, 3.05) is 7.11 Å². The fraction of sp³-hybridized carbons (Fsp3) is 0.167. The van der Waals surface area contributed by atoms with Crippen LogP contribution in [0.4, 0.5) is 0 Å². The number of nitrogens with two attached hydrogens (primary N) is 2. The number of rotatable bonds is 4. The van der Waals surface area contributed by atoms with Crippen LogP contribution in [0.25, 0.3) is 0 Å². The van der Waals surface area contributed by atoms with Crippen LogP contribution in [0.1, 0.15) is 6.42 Å². The van der Waals surface area contributed by atoms with Gasteiger partial charge in [0.25, 0.3) is 0 Å². The normalized spacial score (nSPS) is 20.8. The Hall–Kier alpha value is -1.79. The van der Waals surface area contributed by atoms with E-state index in [4.69, 9.17) is 11.5 Å².